The van der Waals surface area contributed by atoms with Crippen molar-refractivity contribution in [3.05, 3.63) is 41.0 Å². The van der Waals surface area contributed by atoms with Crippen molar-refractivity contribution in [3.63, 3.8) is 0 Å². The molecule has 25 heavy (non-hydrogen) atoms. The van der Waals surface area contributed by atoms with Crippen molar-refractivity contribution >= 4 is 11.5 Å². The van der Waals surface area contributed by atoms with E-state index in [0.29, 0.717) is 12.3 Å². The summed E-state index contributed by atoms with van der Waals surface area (Å²) in [7, 11) is 0. The molecule has 9 heteroatoms. The molecule has 3 rings (SSSR count). The van der Waals surface area contributed by atoms with Crippen LogP contribution in [-0.2, 0) is 0 Å². The van der Waals surface area contributed by atoms with Crippen LogP contribution >= 0.6 is 0 Å². The molecule has 2 aromatic rings. The first-order valence-electron chi connectivity index (χ1n) is 8.27. The van der Waals surface area contributed by atoms with Gasteiger partial charge in [0.1, 0.15) is 12.1 Å². The van der Waals surface area contributed by atoms with Crippen molar-refractivity contribution in [1.29, 1.82) is 0 Å². The zero-order valence-electron chi connectivity index (χ0n) is 13.8. The summed E-state index contributed by atoms with van der Waals surface area (Å²) in [6, 6.07) is 3.34. The molecule has 0 aromatic carbocycles. The van der Waals surface area contributed by atoms with Gasteiger partial charge in [-0.3, -0.25) is 15.1 Å². The van der Waals surface area contributed by atoms with E-state index in [4.69, 9.17) is 4.74 Å². The molecule has 0 amide bonds. The number of hydrogen-bond acceptors (Lipinski definition) is 8. The monoisotopic (exact) mass is 344 g/mol. The number of ether oxygens (including phenoxy) is 1. The average molecular weight is 344 g/mol. The summed E-state index contributed by atoms with van der Waals surface area (Å²) >= 11 is 0. The van der Waals surface area contributed by atoms with Crippen LogP contribution in [0.5, 0.6) is 11.6 Å². The van der Waals surface area contributed by atoms with Gasteiger partial charge in [-0.25, -0.2) is 4.98 Å². The Morgan fingerprint density at radius 1 is 1.28 bits per heavy atom. The van der Waals surface area contributed by atoms with E-state index in [-0.39, 0.29) is 17.4 Å². The molecule has 0 saturated carbocycles. The quantitative estimate of drug-likeness (QED) is 0.603. The number of hydrogen-bond donors (Lipinski definition) is 1. The Bertz CT molecular complexity index is 706. The van der Waals surface area contributed by atoms with E-state index in [1.54, 1.807) is 18.3 Å². The van der Waals surface area contributed by atoms with Gasteiger partial charge in [0.2, 0.25) is 5.82 Å². The van der Waals surface area contributed by atoms with Crippen molar-refractivity contribution in [2.75, 3.05) is 31.5 Å². The Labute approximate surface area is 145 Å². The molecule has 2 aromatic heterocycles. The van der Waals surface area contributed by atoms with Crippen LogP contribution < -0.4 is 10.1 Å². The molecule has 0 spiro atoms. The first-order chi connectivity index (χ1) is 12.2. The Hall–Kier alpha value is -2.81. The maximum Gasteiger partial charge on any atom is 0.373 e. The Morgan fingerprint density at radius 2 is 2.12 bits per heavy atom. The van der Waals surface area contributed by atoms with E-state index in [2.05, 4.69) is 25.2 Å². The molecule has 0 atom stereocenters. The van der Waals surface area contributed by atoms with E-state index in [9.17, 15) is 10.1 Å². The van der Waals surface area contributed by atoms with Gasteiger partial charge in [-0.15, -0.1) is 0 Å². The van der Waals surface area contributed by atoms with Crippen molar-refractivity contribution in [2.45, 2.75) is 19.3 Å². The third-order valence-corrected chi connectivity index (χ3v) is 3.99. The summed E-state index contributed by atoms with van der Waals surface area (Å²) in [4.78, 5) is 25.1. The minimum absolute atomic E-state index is 0.103. The normalized spacial score (nSPS) is 14.9. The van der Waals surface area contributed by atoms with E-state index < -0.39 is 4.92 Å². The summed E-state index contributed by atoms with van der Waals surface area (Å²) in [5.41, 5.74) is -0.273. The van der Waals surface area contributed by atoms with Crippen LogP contribution in [0.15, 0.2) is 30.9 Å². The van der Waals surface area contributed by atoms with Gasteiger partial charge in [-0.2, -0.15) is 4.98 Å². The van der Waals surface area contributed by atoms with Crippen LogP contribution in [0.4, 0.5) is 11.5 Å². The molecular weight excluding hydrogens is 324 g/mol. The summed E-state index contributed by atoms with van der Waals surface area (Å²) in [6.07, 6.45) is 8.00. The van der Waals surface area contributed by atoms with Crippen molar-refractivity contribution in [2.24, 2.45) is 0 Å². The number of pyridine rings is 1. The minimum atomic E-state index is -0.533. The number of likely N-dealkylation sites (tertiary alicyclic amines) is 1. The second-order valence-corrected chi connectivity index (χ2v) is 5.75. The van der Waals surface area contributed by atoms with Gasteiger partial charge in [-0.05, 0) is 38.1 Å². The molecule has 1 aliphatic rings. The summed E-state index contributed by atoms with van der Waals surface area (Å²) < 4.78 is 5.50. The maximum atomic E-state index is 11.5. The van der Waals surface area contributed by atoms with Crippen LogP contribution in [0.3, 0.4) is 0 Å². The highest BCUT2D eigenvalue weighted by molar-refractivity contribution is 5.61. The SMILES string of the molecule is O=[N+]([O-])c1c(NCCN2CCCCC2)ncnc1Oc1cccnc1. The molecule has 0 radical (unpaired) electrons. The Morgan fingerprint density at radius 3 is 2.84 bits per heavy atom. The smallest absolute Gasteiger partial charge is 0.373 e. The first-order valence-corrected chi connectivity index (χ1v) is 8.27. The molecule has 1 N–H and O–H groups in total. The molecule has 0 aliphatic carbocycles. The Kier molecular flexibility index (Phi) is 5.68. The fraction of sp³-hybridized carbons (Fsp3) is 0.438. The second kappa shape index (κ2) is 8.34. The standard InChI is InChI=1S/C16H20N6O3/c23-22(24)14-15(18-7-10-21-8-2-1-3-9-21)19-12-20-16(14)25-13-5-4-6-17-11-13/h4-6,11-12H,1-3,7-10H2,(H,18,19,20). The van der Waals surface area contributed by atoms with E-state index in [1.165, 1.54) is 31.8 Å². The topological polar surface area (TPSA) is 106 Å². The molecule has 1 fully saturated rings. The molecule has 132 valence electrons. The zero-order chi connectivity index (χ0) is 17.5. The lowest BCUT2D eigenvalue weighted by Crippen LogP contribution is -2.33. The van der Waals surface area contributed by atoms with Crippen LogP contribution in [0, 0.1) is 10.1 Å². The van der Waals surface area contributed by atoms with Gasteiger partial charge in [0.25, 0.3) is 0 Å². The number of rotatable bonds is 7. The molecule has 0 unspecified atom stereocenters. The molecule has 3 heterocycles. The van der Waals surface area contributed by atoms with Gasteiger partial charge in [0.15, 0.2) is 0 Å². The number of nitro groups is 1. The van der Waals surface area contributed by atoms with E-state index >= 15 is 0 Å². The lowest BCUT2D eigenvalue weighted by atomic mass is 10.1. The van der Waals surface area contributed by atoms with E-state index in [0.717, 1.165) is 19.6 Å². The molecule has 1 aliphatic heterocycles. The Balaban J connectivity index is 1.70. The zero-order valence-corrected chi connectivity index (χ0v) is 13.8. The fourth-order valence-corrected chi connectivity index (χ4v) is 2.77. The van der Waals surface area contributed by atoms with Gasteiger partial charge >= 0.3 is 11.6 Å². The third kappa shape index (κ3) is 4.60. The number of nitrogens with one attached hydrogen (secondary N) is 1. The lowest BCUT2D eigenvalue weighted by molar-refractivity contribution is -0.385. The number of piperidine rings is 1. The molecule has 9 nitrogen and oxygen atoms in total. The second-order valence-electron chi connectivity index (χ2n) is 5.75. The van der Waals surface area contributed by atoms with Crippen LogP contribution in [0.1, 0.15) is 19.3 Å². The van der Waals surface area contributed by atoms with Crippen LogP contribution in [-0.4, -0.2) is 51.0 Å². The highest BCUT2D eigenvalue weighted by atomic mass is 16.6. The predicted molar refractivity (Wildman–Crippen MR) is 91.8 cm³/mol. The fourth-order valence-electron chi connectivity index (χ4n) is 2.77. The van der Waals surface area contributed by atoms with Gasteiger partial charge < -0.3 is 15.0 Å². The van der Waals surface area contributed by atoms with Crippen LogP contribution in [0.25, 0.3) is 0 Å². The average Bonchev–Trinajstić information content (AvgIpc) is 2.63. The van der Waals surface area contributed by atoms with Crippen LogP contribution in [0.2, 0.25) is 0 Å². The number of aromatic nitrogens is 3. The minimum Gasteiger partial charge on any atom is -0.432 e. The summed E-state index contributed by atoms with van der Waals surface area (Å²) in [5.74, 6) is 0.438. The van der Waals surface area contributed by atoms with Crippen molar-refractivity contribution in [1.82, 2.24) is 19.9 Å². The first kappa shape index (κ1) is 17.0. The van der Waals surface area contributed by atoms with Gasteiger partial charge in [-0.1, -0.05) is 6.42 Å². The molecule has 1 saturated heterocycles. The van der Waals surface area contributed by atoms with Gasteiger partial charge in [0, 0.05) is 19.3 Å². The van der Waals surface area contributed by atoms with Crippen molar-refractivity contribution in [3.8, 4) is 11.6 Å². The molecule has 0 bridgehead atoms. The molecular formula is C16H20N6O3. The summed E-state index contributed by atoms with van der Waals surface area (Å²) in [6.45, 7) is 3.54. The lowest BCUT2D eigenvalue weighted by Gasteiger charge is -2.26. The summed E-state index contributed by atoms with van der Waals surface area (Å²) in [5, 5.41) is 14.5. The third-order valence-electron chi connectivity index (χ3n) is 3.99. The predicted octanol–water partition coefficient (Wildman–Crippen LogP) is 2.47. The number of anilines is 1. The van der Waals surface area contributed by atoms with Gasteiger partial charge in [0.05, 0.1) is 11.1 Å². The van der Waals surface area contributed by atoms with E-state index in [1.807, 2.05) is 0 Å². The van der Waals surface area contributed by atoms with Crippen molar-refractivity contribution < 1.29 is 9.66 Å². The maximum absolute atomic E-state index is 11.5. The number of nitrogens with zero attached hydrogens (tertiary/aromatic N) is 5. The highest BCUT2D eigenvalue weighted by Gasteiger charge is 2.25. The largest absolute Gasteiger partial charge is 0.432 e. The highest BCUT2D eigenvalue weighted by Crippen LogP contribution is 2.33.